The lowest BCUT2D eigenvalue weighted by molar-refractivity contribution is 0.444. The standard InChI is InChI=1S/C21H17O/c1-3-7-16-12-20-18(9-14(16)5-1)11-19-10-15-6-2-4-8-17(15)13-21(19)22-20/h1-8,11H,9-10,12-13H2/q+1. The summed E-state index contributed by atoms with van der Waals surface area (Å²) >= 11 is 0. The van der Waals surface area contributed by atoms with Crippen molar-refractivity contribution in [2.45, 2.75) is 25.7 Å². The first-order valence-corrected chi connectivity index (χ1v) is 7.97. The second-order valence-electron chi connectivity index (χ2n) is 6.39. The molecule has 0 spiro atoms. The van der Waals surface area contributed by atoms with Gasteiger partial charge in [0.05, 0.1) is 24.0 Å². The molecule has 2 aliphatic rings. The van der Waals surface area contributed by atoms with Gasteiger partial charge in [-0.15, -0.1) is 0 Å². The van der Waals surface area contributed by atoms with E-state index in [9.17, 15) is 0 Å². The van der Waals surface area contributed by atoms with E-state index >= 15 is 0 Å². The van der Waals surface area contributed by atoms with Crippen LogP contribution in [0.1, 0.15) is 44.9 Å². The molecule has 1 heterocycles. The fraction of sp³-hybridized carbons (Fsp3) is 0.190. The molecule has 1 heteroatoms. The highest BCUT2D eigenvalue weighted by Gasteiger charge is 2.31. The van der Waals surface area contributed by atoms with Crippen molar-refractivity contribution in [1.29, 1.82) is 0 Å². The van der Waals surface area contributed by atoms with Crippen LogP contribution in [-0.2, 0) is 25.7 Å². The van der Waals surface area contributed by atoms with Gasteiger partial charge in [0.15, 0.2) is 0 Å². The van der Waals surface area contributed by atoms with E-state index in [1.807, 2.05) is 0 Å². The van der Waals surface area contributed by atoms with Crippen LogP contribution in [-0.4, -0.2) is 0 Å². The molecule has 0 bridgehead atoms. The molecule has 0 atom stereocenters. The first kappa shape index (κ1) is 12.2. The molecule has 2 aliphatic carbocycles. The smallest absolute Gasteiger partial charge is 0.216 e. The highest BCUT2D eigenvalue weighted by Crippen LogP contribution is 2.33. The Morgan fingerprint density at radius 3 is 1.36 bits per heavy atom. The van der Waals surface area contributed by atoms with Crippen molar-refractivity contribution in [2.24, 2.45) is 0 Å². The van der Waals surface area contributed by atoms with Gasteiger partial charge in [0.25, 0.3) is 0 Å². The maximum Gasteiger partial charge on any atom is 0.337 e. The van der Waals surface area contributed by atoms with Gasteiger partial charge in [-0.2, -0.15) is 0 Å². The molecule has 0 radical (unpaired) electrons. The molecule has 0 aliphatic heterocycles. The summed E-state index contributed by atoms with van der Waals surface area (Å²) in [6.07, 6.45) is 3.87. The maximum absolute atomic E-state index is 6.34. The Morgan fingerprint density at radius 1 is 0.500 bits per heavy atom. The van der Waals surface area contributed by atoms with Crippen LogP contribution in [0.5, 0.6) is 0 Å². The van der Waals surface area contributed by atoms with Gasteiger partial charge in [-0.25, -0.2) is 4.42 Å². The molecule has 0 amide bonds. The summed E-state index contributed by atoms with van der Waals surface area (Å²) in [4.78, 5) is 0. The third-order valence-electron chi connectivity index (χ3n) is 5.01. The third-order valence-corrected chi connectivity index (χ3v) is 5.01. The fourth-order valence-electron chi connectivity index (χ4n) is 3.81. The second-order valence-corrected chi connectivity index (χ2v) is 6.39. The topological polar surface area (TPSA) is 11.3 Å². The summed E-state index contributed by atoms with van der Waals surface area (Å²) in [5, 5.41) is 0. The van der Waals surface area contributed by atoms with Crippen molar-refractivity contribution < 1.29 is 4.42 Å². The average molecular weight is 285 g/mol. The summed E-state index contributed by atoms with van der Waals surface area (Å²) in [5.41, 5.74) is 8.46. The predicted molar refractivity (Wildman–Crippen MR) is 87.2 cm³/mol. The number of rotatable bonds is 0. The van der Waals surface area contributed by atoms with Crippen molar-refractivity contribution in [1.82, 2.24) is 0 Å². The second kappa shape index (κ2) is 4.54. The van der Waals surface area contributed by atoms with Crippen molar-refractivity contribution in [2.75, 3.05) is 0 Å². The van der Waals surface area contributed by atoms with E-state index < -0.39 is 0 Å². The Labute approximate surface area is 130 Å². The summed E-state index contributed by atoms with van der Waals surface area (Å²) in [6.45, 7) is 0. The van der Waals surface area contributed by atoms with Gasteiger partial charge >= 0.3 is 11.5 Å². The summed E-state index contributed by atoms with van der Waals surface area (Å²) in [7, 11) is 0. The van der Waals surface area contributed by atoms with E-state index in [4.69, 9.17) is 4.42 Å². The quantitative estimate of drug-likeness (QED) is 0.380. The molecule has 0 saturated heterocycles. The number of hydrogen-bond acceptors (Lipinski definition) is 0. The molecule has 3 aromatic rings. The predicted octanol–water partition coefficient (Wildman–Crippen LogP) is 4.55. The van der Waals surface area contributed by atoms with Crippen LogP contribution in [0.15, 0.2) is 59.0 Å². The molecular formula is C21H17O+. The van der Waals surface area contributed by atoms with E-state index in [2.05, 4.69) is 54.6 Å². The summed E-state index contributed by atoms with van der Waals surface area (Å²) in [6, 6.07) is 19.8. The van der Waals surface area contributed by atoms with Crippen molar-refractivity contribution in [3.05, 3.63) is 99.5 Å². The minimum atomic E-state index is 0.931. The van der Waals surface area contributed by atoms with E-state index in [0.29, 0.717) is 0 Å². The lowest BCUT2D eigenvalue weighted by Gasteiger charge is -2.17. The molecule has 22 heavy (non-hydrogen) atoms. The molecule has 1 aromatic heterocycles. The van der Waals surface area contributed by atoms with Gasteiger partial charge in [0, 0.05) is 12.8 Å². The van der Waals surface area contributed by atoms with Crippen molar-refractivity contribution >= 4 is 0 Å². The van der Waals surface area contributed by atoms with Crippen LogP contribution in [0.25, 0.3) is 0 Å². The Kier molecular flexibility index (Phi) is 2.51. The van der Waals surface area contributed by atoms with Crippen LogP contribution >= 0.6 is 0 Å². The molecule has 5 rings (SSSR count). The summed E-state index contributed by atoms with van der Waals surface area (Å²) in [5.74, 6) is 2.33. The van der Waals surface area contributed by atoms with Crippen LogP contribution in [0.2, 0.25) is 0 Å². The molecule has 106 valence electrons. The van der Waals surface area contributed by atoms with Crippen molar-refractivity contribution in [3.63, 3.8) is 0 Å². The van der Waals surface area contributed by atoms with Gasteiger partial charge in [-0.3, -0.25) is 0 Å². The molecule has 2 aromatic carbocycles. The molecular weight excluding hydrogens is 268 g/mol. The fourth-order valence-corrected chi connectivity index (χ4v) is 3.81. The van der Waals surface area contributed by atoms with Gasteiger partial charge in [0.1, 0.15) is 0 Å². The van der Waals surface area contributed by atoms with Crippen LogP contribution in [0.4, 0.5) is 0 Å². The van der Waals surface area contributed by atoms with E-state index in [1.54, 1.807) is 0 Å². The third kappa shape index (κ3) is 1.82. The Balaban J connectivity index is 1.60. The SMILES string of the molecule is c1ccc2c(c1)Cc1cc3c([o+]c1C2)Cc1ccccc1C3. The largest absolute Gasteiger partial charge is 0.337 e. The highest BCUT2D eigenvalue weighted by atomic mass is 16.3. The molecule has 0 N–H and O–H groups in total. The minimum absolute atomic E-state index is 0.931. The van der Waals surface area contributed by atoms with Crippen LogP contribution in [0, 0.1) is 0 Å². The molecule has 0 fully saturated rings. The number of fused-ring (bicyclic) bond motifs is 4. The van der Waals surface area contributed by atoms with E-state index in [0.717, 1.165) is 37.2 Å². The molecule has 0 saturated carbocycles. The summed E-state index contributed by atoms with van der Waals surface area (Å²) < 4.78 is 6.34. The van der Waals surface area contributed by atoms with Crippen molar-refractivity contribution in [3.8, 4) is 0 Å². The zero-order chi connectivity index (χ0) is 14.5. The van der Waals surface area contributed by atoms with Crippen LogP contribution < -0.4 is 0 Å². The van der Waals surface area contributed by atoms with Gasteiger partial charge < -0.3 is 0 Å². The zero-order valence-corrected chi connectivity index (χ0v) is 12.4. The first-order chi connectivity index (χ1) is 10.9. The Bertz CT molecular complexity index is 748. The van der Waals surface area contributed by atoms with Gasteiger partial charge in [-0.1, -0.05) is 48.5 Å². The molecule has 0 unspecified atom stereocenters. The normalized spacial score (nSPS) is 14.5. The Hall–Kier alpha value is -2.41. The maximum atomic E-state index is 6.34. The Morgan fingerprint density at radius 2 is 0.909 bits per heavy atom. The highest BCUT2D eigenvalue weighted by molar-refractivity contribution is 5.47. The monoisotopic (exact) mass is 285 g/mol. The average Bonchev–Trinajstić information content (AvgIpc) is 2.56. The number of benzene rings is 2. The number of hydrogen-bond donors (Lipinski definition) is 0. The van der Waals surface area contributed by atoms with E-state index in [-0.39, 0.29) is 0 Å². The van der Waals surface area contributed by atoms with Gasteiger partial charge in [-0.05, 0) is 28.3 Å². The minimum Gasteiger partial charge on any atom is -0.216 e. The lowest BCUT2D eigenvalue weighted by Crippen LogP contribution is -2.13. The zero-order valence-electron chi connectivity index (χ0n) is 12.4. The van der Waals surface area contributed by atoms with E-state index in [1.165, 1.54) is 33.4 Å². The lowest BCUT2D eigenvalue weighted by atomic mass is 9.85. The van der Waals surface area contributed by atoms with Crippen LogP contribution in [0.3, 0.4) is 0 Å². The first-order valence-electron chi connectivity index (χ1n) is 7.97. The molecule has 1 nitrogen and oxygen atoms in total. The van der Waals surface area contributed by atoms with Gasteiger partial charge in [0.2, 0.25) is 0 Å².